The molecule has 0 aliphatic carbocycles. The minimum absolute atomic E-state index is 0.0547. The van der Waals surface area contributed by atoms with E-state index >= 15 is 0 Å². The number of carbonyl (C=O) groups excluding carboxylic acids is 4. The minimum atomic E-state index is -0.633. The molecule has 0 N–H and O–H groups in total. The van der Waals surface area contributed by atoms with Gasteiger partial charge in [-0.05, 0) is 78.7 Å². The molecule has 0 spiro atoms. The van der Waals surface area contributed by atoms with Gasteiger partial charge in [-0.15, -0.1) is 0 Å². The molecule has 4 unspecified atom stereocenters. The number of rotatable bonds is 29. The average Bonchev–Trinajstić information content (AvgIpc) is 3.22. The van der Waals surface area contributed by atoms with Gasteiger partial charge in [0.15, 0.2) is 0 Å². The highest BCUT2D eigenvalue weighted by molar-refractivity contribution is 6.09. The zero-order chi connectivity index (χ0) is 41.3. The van der Waals surface area contributed by atoms with Gasteiger partial charge in [-0.2, -0.15) is 0 Å². The zero-order valence-corrected chi connectivity index (χ0v) is 36.2. The van der Waals surface area contributed by atoms with E-state index in [4.69, 9.17) is 18.9 Å². The fourth-order valence-corrected chi connectivity index (χ4v) is 6.91. The fraction of sp³-hybridized carbons (Fsp3) is 0.667. The lowest BCUT2D eigenvalue weighted by atomic mass is 9.92. The third-order valence-corrected chi connectivity index (χ3v) is 11.2. The first kappa shape index (κ1) is 48.5. The highest BCUT2D eigenvalue weighted by Gasteiger charge is 2.28. The van der Waals surface area contributed by atoms with Gasteiger partial charge in [0.1, 0.15) is 0 Å². The summed E-state index contributed by atoms with van der Waals surface area (Å²) in [6.45, 7) is 17.9. The predicted molar refractivity (Wildman–Crippen MR) is 226 cm³/mol. The van der Waals surface area contributed by atoms with Crippen LogP contribution in [0, 0.1) is 23.7 Å². The molecule has 0 radical (unpaired) electrons. The van der Waals surface area contributed by atoms with Gasteiger partial charge in [0.25, 0.3) is 0 Å². The Bertz CT molecular complexity index is 1470. The van der Waals surface area contributed by atoms with E-state index in [1.165, 1.54) is 0 Å². The second-order valence-corrected chi connectivity index (χ2v) is 15.5. The lowest BCUT2D eigenvalue weighted by Crippen LogP contribution is -2.21. The van der Waals surface area contributed by atoms with Crippen molar-refractivity contribution in [3.63, 3.8) is 0 Å². The Morgan fingerprint density at radius 3 is 1.21 bits per heavy atom. The van der Waals surface area contributed by atoms with Crippen LogP contribution < -0.4 is 0 Å². The molecule has 8 nitrogen and oxygen atoms in total. The molecule has 2 aromatic carbocycles. The third-order valence-electron chi connectivity index (χ3n) is 11.2. The summed E-state index contributed by atoms with van der Waals surface area (Å²) >= 11 is 0. The summed E-state index contributed by atoms with van der Waals surface area (Å²) < 4.78 is 23.5. The summed E-state index contributed by atoms with van der Waals surface area (Å²) in [7, 11) is 0. The van der Waals surface area contributed by atoms with Crippen molar-refractivity contribution in [3.05, 3.63) is 58.7 Å². The van der Waals surface area contributed by atoms with Crippen LogP contribution in [0.1, 0.15) is 200 Å². The number of ether oxygens (including phenoxy) is 4. The molecule has 0 heterocycles. The van der Waals surface area contributed by atoms with Crippen molar-refractivity contribution in [2.24, 2.45) is 23.7 Å². The van der Waals surface area contributed by atoms with Crippen LogP contribution >= 0.6 is 0 Å². The van der Waals surface area contributed by atoms with Gasteiger partial charge in [0, 0.05) is 0 Å². The maximum atomic E-state index is 14.1. The first-order valence-electron chi connectivity index (χ1n) is 22.1. The maximum Gasteiger partial charge on any atom is 0.339 e. The van der Waals surface area contributed by atoms with Gasteiger partial charge < -0.3 is 18.9 Å². The molecule has 314 valence electrons. The molecule has 0 saturated heterocycles. The molecule has 8 heteroatoms. The molecule has 56 heavy (non-hydrogen) atoms. The highest BCUT2D eigenvalue weighted by atomic mass is 16.5. The van der Waals surface area contributed by atoms with Crippen LogP contribution in [0.3, 0.4) is 0 Å². The number of benzene rings is 2. The standard InChI is InChI=1S/C48H74O8/c1-9-17-22-35(13-5)31-53-45(49)41-29-28-39(30-43(41)47(51)55-33-37(15-7)24-19-11-3)40-26-21-27-42(46(50)54-32-36(14-6)23-18-10-2)44(40)48(52)56-34-38(16-8)25-20-12-4/h21,26-30,35-38H,9-20,22-25,31-34H2,1-8H3. The second kappa shape index (κ2) is 27.8. The monoisotopic (exact) mass is 779 g/mol. The Balaban J connectivity index is 2.66. The second-order valence-electron chi connectivity index (χ2n) is 15.5. The summed E-state index contributed by atoms with van der Waals surface area (Å²) in [6, 6.07) is 9.86. The molecular formula is C48H74O8. The van der Waals surface area contributed by atoms with Gasteiger partial charge >= 0.3 is 23.9 Å². The van der Waals surface area contributed by atoms with E-state index in [9.17, 15) is 19.2 Å². The van der Waals surface area contributed by atoms with E-state index in [0.717, 1.165) is 103 Å². The van der Waals surface area contributed by atoms with Crippen LogP contribution in [0.15, 0.2) is 36.4 Å². The number of esters is 4. The van der Waals surface area contributed by atoms with E-state index < -0.39 is 23.9 Å². The van der Waals surface area contributed by atoms with Crippen LogP contribution in [0.25, 0.3) is 11.1 Å². The summed E-state index contributed by atoms with van der Waals surface area (Å²) in [5.74, 6) is -1.63. The van der Waals surface area contributed by atoms with Gasteiger partial charge in [-0.1, -0.05) is 151 Å². The molecule has 4 atom stereocenters. The van der Waals surface area contributed by atoms with Crippen LogP contribution in [-0.4, -0.2) is 50.3 Å². The van der Waals surface area contributed by atoms with Crippen LogP contribution in [0.5, 0.6) is 0 Å². The molecular weight excluding hydrogens is 705 g/mol. The van der Waals surface area contributed by atoms with E-state index in [-0.39, 0.29) is 72.4 Å². The average molecular weight is 779 g/mol. The Hall–Kier alpha value is -3.68. The topological polar surface area (TPSA) is 105 Å². The number of carbonyl (C=O) groups is 4. The van der Waals surface area contributed by atoms with Crippen molar-refractivity contribution in [3.8, 4) is 11.1 Å². The molecule has 0 bridgehead atoms. The molecule has 0 aliphatic heterocycles. The third kappa shape index (κ3) is 16.1. The molecule has 0 aliphatic rings. The Morgan fingerprint density at radius 2 is 0.821 bits per heavy atom. The van der Waals surface area contributed by atoms with Crippen molar-refractivity contribution < 1.29 is 38.1 Å². The van der Waals surface area contributed by atoms with E-state index in [1.807, 2.05) is 0 Å². The first-order chi connectivity index (χ1) is 27.1. The van der Waals surface area contributed by atoms with Crippen molar-refractivity contribution in [2.45, 2.75) is 158 Å². The summed E-state index contributed by atoms with van der Waals surface area (Å²) in [5, 5.41) is 0. The molecule has 2 aromatic rings. The Labute approximate surface area is 339 Å². The summed E-state index contributed by atoms with van der Waals surface area (Å²) in [5.41, 5.74) is 1.20. The lowest BCUT2D eigenvalue weighted by Gasteiger charge is -2.20. The number of hydrogen-bond donors (Lipinski definition) is 0. The number of unbranched alkanes of at least 4 members (excludes halogenated alkanes) is 4. The highest BCUT2D eigenvalue weighted by Crippen LogP contribution is 2.31. The van der Waals surface area contributed by atoms with Crippen molar-refractivity contribution in [2.75, 3.05) is 26.4 Å². The smallest absolute Gasteiger partial charge is 0.339 e. The van der Waals surface area contributed by atoms with Crippen molar-refractivity contribution in [1.29, 1.82) is 0 Å². The Kier molecular flexibility index (Phi) is 24.1. The quantitative estimate of drug-likeness (QED) is 0.0594. The van der Waals surface area contributed by atoms with Crippen LogP contribution in [-0.2, 0) is 18.9 Å². The molecule has 0 amide bonds. The van der Waals surface area contributed by atoms with Crippen LogP contribution in [0.2, 0.25) is 0 Å². The van der Waals surface area contributed by atoms with Gasteiger partial charge in [-0.3, -0.25) is 0 Å². The molecule has 0 fully saturated rings. The van der Waals surface area contributed by atoms with E-state index in [2.05, 4.69) is 55.4 Å². The van der Waals surface area contributed by atoms with Crippen molar-refractivity contribution in [1.82, 2.24) is 0 Å². The first-order valence-corrected chi connectivity index (χ1v) is 22.1. The molecule has 2 rings (SSSR count). The normalized spacial score (nSPS) is 13.4. The Morgan fingerprint density at radius 1 is 0.446 bits per heavy atom. The van der Waals surface area contributed by atoms with Crippen molar-refractivity contribution >= 4 is 23.9 Å². The van der Waals surface area contributed by atoms with E-state index in [1.54, 1.807) is 36.4 Å². The molecule has 0 saturated carbocycles. The molecule has 0 aromatic heterocycles. The summed E-state index contributed by atoms with van der Waals surface area (Å²) in [6.07, 6.45) is 15.6. The summed E-state index contributed by atoms with van der Waals surface area (Å²) in [4.78, 5) is 55.5. The predicted octanol–water partition coefficient (Wildman–Crippen LogP) is 12.8. The number of hydrogen-bond acceptors (Lipinski definition) is 8. The van der Waals surface area contributed by atoms with Gasteiger partial charge in [0.2, 0.25) is 0 Å². The van der Waals surface area contributed by atoms with Crippen LogP contribution in [0.4, 0.5) is 0 Å². The van der Waals surface area contributed by atoms with E-state index in [0.29, 0.717) is 11.1 Å². The van der Waals surface area contributed by atoms with Gasteiger partial charge in [-0.25, -0.2) is 19.2 Å². The fourth-order valence-electron chi connectivity index (χ4n) is 6.91. The SMILES string of the molecule is CCCCC(CC)COC(=O)c1ccc(-c2cccc(C(=O)OCC(CC)CCCC)c2C(=O)OCC(CC)CCCC)cc1C(=O)OCC(CC)CCCC. The lowest BCUT2D eigenvalue weighted by molar-refractivity contribution is 0.0381. The minimum Gasteiger partial charge on any atom is -0.462 e. The zero-order valence-electron chi connectivity index (χ0n) is 36.2. The maximum absolute atomic E-state index is 14.1. The largest absolute Gasteiger partial charge is 0.462 e. The van der Waals surface area contributed by atoms with Gasteiger partial charge in [0.05, 0.1) is 48.7 Å².